The summed E-state index contributed by atoms with van der Waals surface area (Å²) >= 11 is 0. The van der Waals surface area contributed by atoms with Gasteiger partial charge in [0.05, 0.1) is 16.6 Å². The van der Waals surface area contributed by atoms with Crippen molar-refractivity contribution in [2.75, 3.05) is 26.2 Å². The van der Waals surface area contributed by atoms with Crippen LogP contribution in [0.15, 0.2) is 30.3 Å². The smallest absolute Gasteiger partial charge is 0.259 e. The summed E-state index contributed by atoms with van der Waals surface area (Å²) in [7, 11) is 0. The van der Waals surface area contributed by atoms with Gasteiger partial charge in [-0.05, 0) is 36.2 Å². The fourth-order valence-corrected chi connectivity index (χ4v) is 4.67. The number of fused-ring (bicyclic) bond motifs is 2. The normalized spacial score (nSPS) is 17.4. The van der Waals surface area contributed by atoms with E-state index in [0.29, 0.717) is 22.3 Å². The lowest BCUT2D eigenvalue weighted by Gasteiger charge is -2.36. The third-order valence-corrected chi connectivity index (χ3v) is 6.04. The predicted molar refractivity (Wildman–Crippen MR) is 118 cm³/mol. The molecule has 1 fully saturated rings. The van der Waals surface area contributed by atoms with E-state index in [0.717, 1.165) is 49.1 Å². The lowest BCUT2D eigenvalue weighted by molar-refractivity contribution is 0.0878. The van der Waals surface area contributed by atoms with Crippen LogP contribution in [0.5, 0.6) is 0 Å². The lowest BCUT2D eigenvalue weighted by atomic mass is 9.87. The highest BCUT2D eigenvalue weighted by molar-refractivity contribution is 6.23. The summed E-state index contributed by atoms with van der Waals surface area (Å²) < 4.78 is 13.7. The van der Waals surface area contributed by atoms with E-state index < -0.39 is 0 Å². The summed E-state index contributed by atoms with van der Waals surface area (Å²) in [5.41, 5.74) is 3.69. The minimum Gasteiger partial charge on any atom is -0.314 e. The molecule has 3 N–H and O–H groups in total. The van der Waals surface area contributed by atoms with E-state index >= 15 is 0 Å². The van der Waals surface area contributed by atoms with Gasteiger partial charge in [-0.15, -0.1) is 12.4 Å². The highest BCUT2D eigenvalue weighted by Crippen LogP contribution is 2.40. The number of piperazine rings is 1. The van der Waals surface area contributed by atoms with Gasteiger partial charge in [-0.2, -0.15) is 5.10 Å². The molecule has 2 aliphatic rings. The summed E-state index contributed by atoms with van der Waals surface area (Å²) in [5, 5.41) is 13.9. The highest BCUT2D eigenvalue weighted by atomic mass is 35.5. The predicted octanol–water partition coefficient (Wildman–Crippen LogP) is 3.03. The van der Waals surface area contributed by atoms with Crippen LogP contribution in [-0.4, -0.2) is 53.1 Å². The number of aromatic amines is 1. The fourth-order valence-electron chi connectivity index (χ4n) is 4.67. The summed E-state index contributed by atoms with van der Waals surface area (Å²) in [5.74, 6) is -1.08. The Bertz CT molecular complexity index is 1170. The van der Waals surface area contributed by atoms with Crippen molar-refractivity contribution < 1.29 is 14.0 Å². The molecule has 2 aliphatic heterocycles. The first-order chi connectivity index (χ1) is 14.6. The van der Waals surface area contributed by atoms with Gasteiger partial charge in [0.15, 0.2) is 0 Å². The minimum absolute atomic E-state index is 0. The summed E-state index contributed by atoms with van der Waals surface area (Å²) in [6.07, 6.45) is 0.780. The number of hydrogen-bond donors (Lipinski definition) is 3. The van der Waals surface area contributed by atoms with Gasteiger partial charge in [0.2, 0.25) is 0 Å². The zero-order chi connectivity index (χ0) is 20.8. The van der Waals surface area contributed by atoms with Crippen molar-refractivity contribution in [2.45, 2.75) is 19.4 Å². The fraction of sp³-hybridized carbons (Fsp3) is 0.318. The summed E-state index contributed by atoms with van der Waals surface area (Å²) in [4.78, 5) is 27.5. The number of halogens is 2. The van der Waals surface area contributed by atoms with Crippen LogP contribution in [0.25, 0.3) is 22.2 Å². The number of hydrogen-bond acceptors (Lipinski definition) is 5. The monoisotopic (exact) mass is 443 g/mol. The van der Waals surface area contributed by atoms with Crippen molar-refractivity contribution in [2.24, 2.45) is 0 Å². The van der Waals surface area contributed by atoms with E-state index in [9.17, 15) is 14.0 Å². The highest BCUT2D eigenvalue weighted by Gasteiger charge is 2.36. The maximum atomic E-state index is 13.7. The first-order valence-electron chi connectivity index (χ1n) is 10.2. The number of nitrogens with one attached hydrogen (secondary N) is 3. The SMILES string of the molecule is CCC(c1c(-c2n[nH]c3cc(F)ccc23)ccc2c1C(=O)NC2=O)N1CCNCC1.Cl. The molecule has 1 unspecified atom stereocenters. The van der Waals surface area contributed by atoms with Crippen molar-refractivity contribution in [3.63, 3.8) is 0 Å². The second-order valence-electron chi connectivity index (χ2n) is 7.70. The molecule has 3 heterocycles. The number of carbonyl (C=O) groups excluding carboxylic acids is 2. The van der Waals surface area contributed by atoms with Crippen molar-refractivity contribution in [3.05, 3.63) is 52.8 Å². The van der Waals surface area contributed by atoms with E-state index in [-0.39, 0.29) is 36.1 Å². The zero-order valence-corrected chi connectivity index (χ0v) is 17.8. The molecule has 162 valence electrons. The Labute approximate surface area is 184 Å². The average molecular weight is 444 g/mol. The zero-order valence-electron chi connectivity index (χ0n) is 17.0. The molecule has 0 saturated carbocycles. The van der Waals surface area contributed by atoms with Crippen molar-refractivity contribution in [1.29, 1.82) is 0 Å². The quantitative estimate of drug-likeness (QED) is 0.539. The average Bonchev–Trinajstić information content (AvgIpc) is 3.29. The van der Waals surface area contributed by atoms with E-state index in [4.69, 9.17) is 0 Å². The van der Waals surface area contributed by atoms with Crippen LogP contribution in [0.2, 0.25) is 0 Å². The number of benzene rings is 2. The summed E-state index contributed by atoms with van der Waals surface area (Å²) in [6.45, 7) is 5.53. The molecule has 1 saturated heterocycles. The molecule has 0 spiro atoms. The van der Waals surface area contributed by atoms with Crippen LogP contribution in [0.3, 0.4) is 0 Å². The number of H-pyrrole nitrogens is 1. The molecule has 2 aromatic carbocycles. The van der Waals surface area contributed by atoms with Gasteiger partial charge in [-0.3, -0.25) is 24.9 Å². The van der Waals surface area contributed by atoms with Crippen LogP contribution in [-0.2, 0) is 0 Å². The second kappa shape index (κ2) is 8.37. The van der Waals surface area contributed by atoms with E-state index in [1.807, 2.05) is 6.07 Å². The number of rotatable bonds is 4. The third-order valence-electron chi connectivity index (χ3n) is 6.04. The lowest BCUT2D eigenvalue weighted by Crippen LogP contribution is -2.45. The van der Waals surface area contributed by atoms with Gasteiger partial charge in [0.25, 0.3) is 11.8 Å². The molecule has 1 aromatic heterocycles. The van der Waals surface area contributed by atoms with E-state index in [1.165, 1.54) is 12.1 Å². The number of imide groups is 1. The number of carbonyl (C=O) groups is 2. The molecule has 9 heteroatoms. The van der Waals surface area contributed by atoms with Crippen molar-refractivity contribution in [3.8, 4) is 11.3 Å². The van der Waals surface area contributed by atoms with Crippen LogP contribution < -0.4 is 10.6 Å². The van der Waals surface area contributed by atoms with Gasteiger partial charge in [0.1, 0.15) is 11.5 Å². The Morgan fingerprint density at radius 3 is 2.58 bits per heavy atom. The number of aromatic nitrogens is 2. The first-order valence-corrected chi connectivity index (χ1v) is 10.2. The number of amides is 2. The molecule has 1 atom stereocenters. The van der Waals surface area contributed by atoms with Gasteiger partial charge < -0.3 is 5.32 Å². The van der Waals surface area contributed by atoms with Crippen LogP contribution in [0.4, 0.5) is 4.39 Å². The topological polar surface area (TPSA) is 90.1 Å². The molecule has 0 aliphatic carbocycles. The van der Waals surface area contributed by atoms with Gasteiger partial charge in [-0.25, -0.2) is 4.39 Å². The molecule has 3 aromatic rings. The maximum Gasteiger partial charge on any atom is 0.259 e. The third kappa shape index (κ3) is 3.50. The van der Waals surface area contributed by atoms with Gasteiger partial charge in [-0.1, -0.05) is 13.0 Å². The minimum atomic E-state index is -0.369. The van der Waals surface area contributed by atoms with Crippen molar-refractivity contribution in [1.82, 2.24) is 25.7 Å². The Morgan fingerprint density at radius 2 is 1.84 bits per heavy atom. The molecular formula is C22H23ClFN5O2. The molecular weight excluding hydrogens is 421 g/mol. The van der Waals surface area contributed by atoms with Crippen LogP contribution in [0.1, 0.15) is 45.7 Å². The Morgan fingerprint density at radius 1 is 1.10 bits per heavy atom. The Kier molecular flexibility index (Phi) is 5.79. The Balaban J connectivity index is 0.00000231. The molecule has 5 rings (SSSR count). The first kappa shape index (κ1) is 21.4. The second-order valence-corrected chi connectivity index (χ2v) is 7.70. The van der Waals surface area contributed by atoms with Crippen LogP contribution in [0, 0.1) is 5.82 Å². The van der Waals surface area contributed by atoms with Crippen LogP contribution >= 0.6 is 12.4 Å². The standard InChI is InChI=1S/C22H22FN5O2.ClH/c1-2-17(28-9-7-24-8-10-28)18-14(5-6-15-19(18)22(30)25-21(15)29)20-13-4-3-12(23)11-16(13)26-27-20;/h3-6,11,17,24H,2,7-10H2,1H3,(H,26,27)(H,25,29,30);1H. The molecule has 2 amide bonds. The van der Waals surface area contributed by atoms with Crippen molar-refractivity contribution >= 4 is 35.1 Å². The summed E-state index contributed by atoms with van der Waals surface area (Å²) in [6, 6.07) is 8.00. The van der Waals surface area contributed by atoms with E-state index in [2.05, 4.69) is 32.7 Å². The Hall–Kier alpha value is -2.81. The van der Waals surface area contributed by atoms with E-state index in [1.54, 1.807) is 12.1 Å². The van der Waals surface area contributed by atoms with Gasteiger partial charge >= 0.3 is 0 Å². The van der Waals surface area contributed by atoms with Gasteiger partial charge in [0, 0.05) is 43.2 Å². The maximum absolute atomic E-state index is 13.7. The molecule has 7 nitrogen and oxygen atoms in total. The largest absolute Gasteiger partial charge is 0.314 e. The number of nitrogens with zero attached hydrogens (tertiary/aromatic N) is 2. The molecule has 0 bridgehead atoms. The molecule has 0 radical (unpaired) electrons. The molecule has 31 heavy (non-hydrogen) atoms.